The van der Waals surface area contributed by atoms with Crippen LogP contribution in [0.2, 0.25) is 0 Å². The predicted molar refractivity (Wildman–Crippen MR) is 68.2 cm³/mol. The number of ether oxygens (including phenoxy) is 2. The maximum absolute atomic E-state index is 9.96. The van der Waals surface area contributed by atoms with E-state index in [1.54, 1.807) is 21.0 Å². The lowest BCUT2D eigenvalue weighted by Crippen LogP contribution is -2.47. The summed E-state index contributed by atoms with van der Waals surface area (Å²) in [5.41, 5.74) is -0.407. The average Bonchev–Trinajstić information content (AvgIpc) is 2.25. The maximum atomic E-state index is 9.96. The molecule has 0 unspecified atom stereocenters. The molecule has 17 heavy (non-hydrogen) atoms. The Morgan fingerprint density at radius 2 is 1.59 bits per heavy atom. The highest BCUT2D eigenvalue weighted by Crippen LogP contribution is 2.26. The molecule has 0 radical (unpaired) electrons. The van der Waals surface area contributed by atoms with Gasteiger partial charge in [0.1, 0.15) is 5.75 Å². The van der Waals surface area contributed by atoms with Gasteiger partial charge in [-0.1, -0.05) is 12.1 Å². The van der Waals surface area contributed by atoms with Crippen molar-refractivity contribution in [2.75, 3.05) is 7.11 Å². The van der Waals surface area contributed by atoms with E-state index in [-0.39, 0.29) is 0 Å². The van der Waals surface area contributed by atoms with Crippen molar-refractivity contribution >= 4 is 0 Å². The van der Waals surface area contributed by atoms with Crippen LogP contribution < -0.4 is 4.74 Å². The van der Waals surface area contributed by atoms with E-state index >= 15 is 0 Å². The molecule has 3 nitrogen and oxygen atoms in total. The van der Waals surface area contributed by atoms with Gasteiger partial charge >= 0.3 is 0 Å². The summed E-state index contributed by atoms with van der Waals surface area (Å²) in [4.78, 5) is 0. The molecule has 0 spiro atoms. The molecular formula is C14H22O3. The zero-order valence-corrected chi connectivity index (χ0v) is 11.3. The van der Waals surface area contributed by atoms with Crippen LogP contribution in [0, 0.1) is 0 Å². The number of rotatable bonds is 5. The number of hydrogen-bond donors (Lipinski definition) is 1. The van der Waals surface area contributed by atoms with Crippen LogP contribution >= 0.6 is 0 Å². The molecule has 0 saturated heterocycles. The first-order chi connectivity index (χ1) is 7.76. The monoisotopic (exact) mass is 238 g/mol. The smallest absolute Gasteiger partial charge is 0.118 e. The number of aliphatic hydroxyl groups is 1. The van der Waals surface area contributed by atoms with Crippen LogP contribution in [-0.2, 0) is 11.3 Å². The topological polar surface area (TPSA) is 38.7 Å². The van der Waals surface area contributed by atoms with Gasteiger partial charge in [0, 0.05) is 0 Å². The Balaban J connectivity index is 2.61. The molecule has 1 aromatic carbocycles. The molecule has 0 aliphatic rings. The van der Waals surface area contributed by atoms with E-state index in [2.05, 4.69) is 0 Å². The Hall–Kier alpha value is -1.06. The van der Waals surface area contributed by atoms with Gasteiger partial charge in [0.05, 0.1) is 24.9 Å². The Morgan fingerprint density at radius 1 is 1.06 bits per heavy atom. The van der Waals surface area contributed by atoms with Crippen molar-refractivity contribution in [1.82, 2.24) is 0 Å². The first kappa shape index (κ1) is 14.0. The third-order valence-corrected chi connectivity index (χ3v) is 3.23. The van der Waals surface area contributed by atoms with Gasteiger partial charge in [-0.2, -0.15) is 0 Å². The fourth-order valence-electron chi connectivity index (χ4n) is 1.16. The Labute approximate surface area is 103 Å². The lowest BCUT2D eigenvalue weighted by Gasteiger charge is -2.37. The van der Waals surface area contributed by atoms with E-state index in [1.807, 2.05) is 38.1 Å². The second-order valence-corrected chi connectivity index (χ2v) is 5.21. The first-order valence-corrected chi connectivity index (χ1v) is 5.75. The molecule has 0 aromatic heterocycles. The number of benzene rings is 1. The van der Waals surface area contributed by atoms with Crippen molar-refractivity contribution in [1.29, 1.82) is 0 Å². The summed E-state index contributed by atoms with van der Waals surface area (Å²) in [5.74, 6) is 0.829. The molecule has 1 rings (SSSR count). The Bertz CT molecular complexity index is 347. The summed E-state index contributed by atoms with van der Waals surface area (Å²) < 4.78 is 10.9. The molecule has 0 aliphatic carbocycles. The van der Waals surface area contributed by atoms with Gasteiger partial charge in [0.15, 0.2) is 0 Å². The van der Waals surface area contributed by atoms with Crippen molar-refractivity contribution in [3.63, 3.8) is 0 Å². The zero-order valence-electron chi connectivity index (χ0n) is 11.3. The third-order valence-electron chi connectivity index (χ3n) is 3.23. The van der Waals surface area contributed by atoms with Gasteiger partial charge in [0.2, 0.25) is 0 Å². The number of methoxy groups -OCH3 is 1. The summed E-state index contributed by atoms with van der Waals surface area (Å²) in [6.07, 6.45) is 0. The summed E-state index contributed by atoms with van der Waals surface area (Å²) in [7, 11) is 1.64. The molecule has 1 aromatic rings. The minimum Gasteiger partial charge on any atom is -0.497 e. The molecule has 0 saturated carbocycles. The lowest BCUT2D eigenvalue weighted by atomic mass is 9.89. The maximum Gasteiger partial charge on any atom is 0.118 e. The van der Waals surface area contributed by atoms with E-state index in [4.69, 9.17) is 9.47 Å². The van der Waals surface area contributed by atoms with Crippen molar-refractivity contribution in [2.45, 2.75) is 45.5 Å². The largest absolute Gasteiger partial charge is 0.497 e. The van der Waals surface area contributed by atoms with Crippen LogP contribution in [0.25, 0.3) is 0 Å². The molecule has 3 heteroatoms. The minimum atomic E-state index is -0.876. The second-order valence-electron chi connectivity index (χ2n) is 5.21. The molecule has 0 heterocycles. The van der Waals surface area contributed by atoms with Crippen molar-refractivity contribution in [2.24, 2.45) is 0 Å². The standard InChI is InChI=1S/C14H22O3/c1-13(2,15)14(3,4)17-10-11-6-8-12(16-5)9-7-11/h6-9,15H,10H2,1-5H3. The summed E-state index contributed by atoms with van der Waals surface area (Å²) >= 11 is 0. The fraction of sp³-hybridized carbons (Fsp3) is 0.571. The van der Waals surface area contributed by atoms with Gasteiger partial charge in [-0.3, -0.25) is 0 Å². The van der Waals surface area contributed by atoms with E-state index in [0.29, 0.717) is 6.61 Å². The lowest BCUT2D eigenvalue weighted by molar-refractivity contribution is -0.153. The molecule has 96 valence electrons. The fourth-order valence-corrected chi connectivity index (χ4v) is 1.16. The normalized spacial score (nSPS) is 12.6. The predicted octanol–water partition coefficient (Wildman–Crippen LogP) is 2.76. The summed E-state index contributed by atoms with van der Waals surface area (Å²) in [5, 5.41) is 9.96. The molecule has 0 amide bonds. The third kappa shape index (κ3) is 3.72. The molecule has 0 bridgehead atoms. The molecule has 1 N–H and O–H groups in total. The highest BCUT2D eigenvalue weighted by Gasteiger charge is 2.35. The van der Waals surface area contributed by atoms with E-state index in [0.717, 1.165) is 11.3 Å². The van der Waals surface area contributed by atoms with E-state index < -0.39 is 11.2 Å². The van der Waals surface area contributed by atoms with Crippen LogP contribution in [0.5, 0.6) is 5.75 Å². The van der Waals surface area contributed by atoms with Crippen LogP contribution in [0.4, 0.5) is 0 Å². The molecule has 0 fully saturated rings. The molecule has 0 aliphatic heterocycles. The second kappa shape index (κ2) is 5.07. The van der Waals surface area contributed by atoms with Crippen molar-refractivity contribution < 1.29 is 14.6 Å². The van der Waals surface area contributed by atoms with Gasteiger partial charge < -0.3 is 14.6 Å². The summed E-state index contributed by atoms with van der Waals surface area (Å²) in [6.45, 7) is 7.75. The number of hydrogen-bond acceptors (Lipinski definition) is 3. The quantitative estimate of drug-likeness (QED) is 0.857. The highest BCUT2D eigenvalue weighted by molar-refractivity contribution is 5.26. The van der Waals surface area contributed by atoms with Crippen molar-refractivity contribution in [3.05, 3.63) is 29.8 Å². The SMILES string of the molecule is COc1ccc(COC(C)(C)C(C)(C)O)cc1. The van der Waals surface area contributed by atoms with Crippen LogP contribution in [-0.4, -0.2) is 23.4 Å². The van der Waals surface area contributed by atoms with Gasteiger partial charge in [0.25, 0.3) is 0 Å². The van der Waals surface area contributed by atoms with Crippen LogP contribution in [0.15, 0.2) is 24.3 Å². The Kier molecular flexibility index (Phi) is 4.17. The highest BCUT2D eigenvalue weighted by atomic mass is 16.5. The van der Waals surface area contributed by atoms with Gasteiger partial charge in [-0.05, 0) is 45.4 Å². The van der Waals surface area contributed by atoms with E-state index in [1.165, 1.54) is 0 Å². The minimum absolute atomic E-state index is 0.473. The van der Waals surface area contributed by atoms with Gasteiger partial charge in [-0.25, -0.2) is 0 Å². The Morgan fingerprint density at radius 3 is 2.00 bits per heavy atom. The zero-order chi connectivity index (χ0) is 13.1. The summed E-state index contributed by atoms with van der Waals surface area (Å²) in [6, 6.07) is 7.71. The molecular weight excluding hydrogens is 216 g/mol. The average molecular weight is 238 g/mol. The van der Waals surface area contributed by atoms with Gasteiger partial charge in [-0.15, -0.1) is 0 Å². The first-order valence-electron chi connectivity index (χ1n) is 5.75. The van der Waals surface area contributed by atoms with Crippen LogP contribution in [0.3, 0.4) is 0 Å². The van der Waals surface area contributed by atoms with Crippen LogP contribution in [0.1, 0.15) is 33.3 Å². The molecule has 0 atom stereocenters. The van der Waals surface area contributed by atoms with Crippen molar-refractivity contribution in [3.8, 4) is 5.75 Å². The van der Waals surface area contributed by atoms with E-state index in [9.17, 15) is 5.11 Å².